The van der Waals surface area contributed by atoms with Gasteiger partial charge in [-0.3, -0.25) is 4.79 Å². The average Bonchev–Trinajstić information content (AvgIpc) is 2.72. The summed E-state index contributed by atoms with van der Waals surface area (Å²) in [5, 5.41) is 4.44. The number of esters is 1. The van der Waals surface area contributed by atoms with Gasteiger partial charge in [-0.25, -0.2) is 9.97 Å². The second kappa shape index (κ2) is 8.88. The van der Waals surface area contributed by atoms with E-state index in [2.05, 4.69) is 15.3 Å². The van der Waals surface area contributed by atoms with Gasteiger partial charge in [-0.05, 0) is 62.1 Å². The molecule has 3 rings (SSSR count). The van der Waals surface area contributed by atoms with Gasteiger partial charge in [0.15, 0.2) is 0 Å². The first-order chi connectivity index (χ1) is 14.3. The minimum atomic E-state index is -0.735. The second-order valence-corrected chi connectivity index (χ2v) is 8.05. The summed E-state index contributed by atoms with van der Waals surface area (Å²) in [5.74, 6) is 0.849. The van der Waals surface area contributed by atoms with Gasteiger partial charge in [0.05, 0.1) is 19.1 Å². The minimum Gasteiger partial charge on any atom is -0.494 e. The monoisotopic (exact) mass is 427 g/mol. The predicted octanol–water partition coefficient (Wildman–Crippen LogP) is 5.13. The third kappa shape index (κ3) is 4.33. The van der Waals surface area contributed by atoms with E-state index in [9.17, 15) is 4.79 Å². The number of anilines is 1. The van der Waals surface area contributed by atoms with E-state index in [1.54, 1.807) is 27.3 Å². The lowest BCUT2D eigenvalue weighted by molar-refractivity contribution is -0.153. The fraction of sp³-hybridized carbons (Fsp3) is 0.348. The molecule has 0 bridgehead atoms. The Hall–Kier alpha value is -2.86. The fourth-order valence-corrected chi connectivity index (χ4v) is 3.66. The summed E-state index contributed by atoms with van der Waals surface area (Å²) in [6, 6.07) is 9.64. The van der Waals surface area contributed by atoms with Crippen LogP contribution in [0.15, 0.2) is 36.5 Å². The molecule has 1 N–H and O–H groups in total. The normalized spacial score (nSPS) is 11.4. The van der Waals surface area contributed by atoms with Gasteiger partial charge in [-0.2, -0.15) is 0 Å². The van der Waals surface area contributed by atoms with Crippen LogP contribution in [0.5, 0.6) is 5.75 Å². The predicted molar refractivity (Wildman–Crippen MR) is 120 cm³/mol. The standard InChI is InChI=1S/C23H26ClN3O3/c1-6-30-21(28)23(2,3)12-15-11-17(14-8-7-9-16(24)10-14)18-13-26-22(25-4)27-19(18)20(15)29-5/h7-11,13H,6,12H2,1-5H3,(H,25,26,27). The molecule has 30 heavy (non-hydrogen) atoms. The maximum Gasteiger partial charge on any atom is 0.311 e. The van der Waals surface area contributed by atoms with Crippen LogP contribution in [-0.4, -0.2) is 36.7 Å². The molecule has 0 saturated carbocycles. The summed E-state index contributed by atoms with van der Waals surface area (Å²) in [6.45, 7) is 5.88. The van der Waals surface area contributed by atoms with Crippen molar-refractivity contribution >= 4 is 34.4 Å². The molecule has 0 aliphatic carbocycles. The highest BCUT2D eigenvalue weighted by molar-refractivity contribution is 6.30. The van der Waals surface area contributed by atoms with Crippen molar-refractivity contribution in [3.05, 3.63) is 47.1 Å². The number of methoxy groups -OCH3 is 1. The zero-order chi connectivity index (χ0) is 21.9. The Kier molecular flexibility index (Phi) is 6.46. The summed E-state index contributed by atoms with van der Waals surface area (Å²) in [5.41, 5.74) is 2.65. The lowest BCUT2D eigenvalue weighted by Gasteiger charge is -2.24. The van der Waals surface area contributed by atoms with E-state index >= 15 is 0 Å². The number of halogens is 1. The van der Waals surface area contributed by atoms with E-state index in [0.29, 0.717) is 35.3 Å². The number of ether oxygens (including phenoxy) is 2. The molecule has 0 aliphatic rings. The third-order valence-electron chi connectivity index (χ3n) is 4.93. The van der Waals surface area contributed by atoms with Crippen molar-refractivity contribution < 1.29 is 14.3 Å². The van der Waals surface area contributed by atoms with E-state index < -0.39 is 5.41 Å². The summed E-state index contributed by atoms with van der Waals surface area (Å²) < 4.78 is 11.0. The maximum absolute atomic E-state index is 12.5. The summed E-state index contributed by atoms with van der Waals surface area (Å²) in [7, 11) is 3.37. The van der Waals surface area contributed by atoms with Crippen LogP contribution < -0.4 is 10.1 Å². The van der Waals surface area contributed by atoms with Crippen LogP contribution in [0.4, 0.5) is 5.95 Å². The fourth-order valence-electron chi connectivity index (χ4n) is 3.47. The van der Waals surface area contributed by atoms with Gasteiger partial charge in [-0.1, -0.05) is 23.7 Å². The van der Waals surface area contributed by atoms with Gasteiger partial charge in [0, 0.05) is 23.7 Å². The highest BCUT2D eigenvalue weighted by Crippen LogP contribution is 2.40. The SMILES string of the molecule is CCOC(=O)C(C)(C)Cc1cc(-c2cccc(Cl)c2)c2cnc(NC)nc2c1OC. The van der Waals surface area contributed by atoms with E-state index in [1.165, 1.54) is 0 Å². The first-order valence-electron chi connectivity index (χ1n) is 9.78. The smallest absolute Gasteiger partial charge is 0.311 e. The number of nitrogens with zero attached hydrogens (tertiary/aromatic N) is 2. The van der Waals surface area contributed by atoms with Gasteiger partial charge in [0.1, 0.15) is 11.3 Å². The molecular weight excluding hydrogens is 402 g/mol. The number of carbonyl (C=O) groups excluding carboxylic acids is 1. The van der Waals surface area contributed by atoms with Gasteiger partial charge < -0.3 is 14.8 Å². The first-order valence-corrected chi connectivity index (χ1v) is 10.2. The van der Waals surface area contributed by atoms with Crippen molar-refractivity contribution in [1.29, 1.82) is 0 Å². The Bertz CT molecular complexity index is 1080. The van der Waals surface area contributed by atoms with Crippen LogP contribution in [0.2, 0.25) is 5.02 Å². The van der Waals surface area contributed by atoms with Crippen molar-refractivity contribution in [2.24, 2.45) is 5.41 Å². The molecule has 0 atom stereocenters. The topological polar surface area (TPSA) is 73.3 Å². The van der Waals surface area contributed by atoms with Crippen LogP contribution in [0.3, 0.4) is 0 Å². The van der Waals surface area contributed by atoms with Crippen molar-refractivity contribution in [2.75, 3.05) is 26.1 Å². The number of rotatable bonds is 7. The van der Waals surface area contributed by atoms with Crippen molar-refractivity contribution in [1.82, 2.24) is 9.97 Å². The van der Waals surface area contributed by atoms with Crippen molar-refractivity contribution in [3.8, 4) is 16.9 Å². The average molecular weight is 428 g/mol. The largest absolute Gasteiger partial charge is 0.494 e. The van der Waals surface area contributed by atoms with Crippen LogP contribution in [0.25, 0.3) is 22.0 Å². The molecule has 3 aromatic rings. The number of aromatic nitrogens is 2. The Morgan fingerprint density at radius 3 is 2.67 bits per heavy atom. The highest BCUT2D eigenvalue weighted by atomic mass is 35.5. The molecule has 1 heterocycles. The van der Waals surface area contributed by atoms with Gasteiger partial charge in [0.25, 0.3) is 0 Å². The molecule has 0 radical (unpaired) electrons. The molecule has 0 spiro atoms. The van der Waals surface area contributed by atoms with Crippen molar-refractivity contribution in [2.45, 2.75) is 27.2 Å². The quantitative estimate of drug-likeness (QED) is 0.527. The molecule has 0 saturated heterocycles. The van der Waals surface area contributed by atoms with E-state index in [1.807, 2.05) is 44.2 Å². The molecule has 0 fully saturated rings. The van der Waals surface area contributed by atoms with E-state index in [-0.39, 0.29) is 5.97 Å². The lowest BCUT2D eigenvalue weighted by atomic mass is 9.84. The van der Waals surface area contributed by atoms with Crippen LogP contribution in [0.1, 0.15) is 26.3 Å². The molecule has 1 aromatic heterocycles. The number of benzene rings is 2. The summed E-state index contributed by atoms with van der Waals surface area (Å²) in [4.78, 5) is 21.5. The van der Waals surface area contributed by atoms with Gasteiger partial charge >= 0.3 is 5.97 Å². The molecule has 7 heteroatoms. The Balaban J connectivity index is 2.27. The van der Waals surface area contributed by atoms with Gasteiger partial charge in [-0.15, -0.1) is 0 Å². The third-order valence-corrected chi connectivity index (χ3v) is 5.16. The molecule has 2 aromatic carbocycles. The van der Waals surface area contributed by atoms with Crippen LogP contribution in [0, 0.1) is 5.41 Å². The Labute approximate surface area is 181 Å². The van der Waals surface area contributed by atoms with E-state index in [0.717, 1.165) is 22.1 Å². The molecule has 0 amide bonds. The zero-order valence-electron chi connectivity index (χ0n) is 17.9. The van der Waals surface area contributed by atoms with Crippen LogP contribution in [-0.2, 0) is 16.0 Å². The van der Waals surface area contributed by atoms with Crippen LogP contribution >= 0.6 is 11.6 Å². The van der Waals surface area contributed by atoms with Crippen molar-refractivity contribution in [3.63, 3.8) is 0 Å². The summed E-state index contributed by atoms with van der Waals surface area (Å²) >= 11 is 6.25. The molecular formula is C23H26ClN3O3. The minimum absolute atomic E-state index is 0.255. The Morgan fingerprint density at radius 2 is 2.03 bits per heavy atom. The first kappa shape index (κ1) is 21.8. The maximum atomic E-state index is 12.5. The number of nitrogens with one attached hydrogen (secondary N) is 1. The molecule has 158 valence electrons. The molecule has 0 unspecified atom stereocenters. The number of carbonyl (C=O) groups is 1. The zero-order valence-corrected chi connectivity index (χ0v) is 18.6. The number of hydrogen-bond donors (Lipinski definition) is 1. The van der Waals surface area contributed by atoms with E-state index in [4.69, 9.17) is 21.1 Å². The molecule has 6 nitrogen and oxygen atoms in total. The lowest BCUT2D eigenvalue weighted by Crippen LogP contribution is -2.29. The number of hydrogen-bond acceptors (Lipinski definition) is 6. The molecule has 0 aliphatic heterocycles. The summed E-state index contributed by atoms with van der Waals surface area (Å²) in [6.07, 6.45) is 2.20. The highest BCUT2D eigenvalue weighted by Gasteiger charge is 2.31. The second-order valence-electron chi connectivity index (χ2n) is 7.61. The van der Waals surface area contributed by atoms with Gasteiger partial charge in [0.2, 0.25) is 5.95 Å². The Morgan fingerprint density at radius 1 is 1.27 bits per heavy atom. The number of fused-ring (bicyclic) bond motifs is 1.